The van der Waals surface area contributed by atoms with Gasteiger partial charge in [-0.1, -0.05) is 200 Å². The molecular formula is C76H44N6OS. The molecule has 0 atom stereocenters. The van der Waals surface area contributed by atoms with E-state index in [2.05, 4.69) is 270 Å². The van der Waals surface area contributed by atoms with E-state index in [1.165, 1.54) is 31.6 Å². The van der Waals surface area contributed by atoms with Crippen molar-refractivity contribution >= 4 is 119 Å². The Kier molecular flexibility index (Phi) is 10.1. The van der Waals surface area contributed by atoms with Crippen LogP contribution in [0.15, 0.2) is 271 Å². The van der Waals surface area contributed by atoms with Crippen LogP contribution < -0.4 is 0 Å². The summed E-state index contributed by atoms with van der Waals surface area (Å²) >= 11 is 1.75. The highest BCUT2D eigenvalue weighted by molar-refractivity contribution is 7.26. The minimum absolute atomic E-state index is 0.618. The van der Waals surface area contributed by atoms with E-state index in [-0.39, 0.29) is 0 Å². The van der Waals surface area contributed by atoms with Crippen LogP contribution in [-0.2, 0) is 0 Å². The molecule has 84 heavy (non-hydrogen) atoms. The first-order chi connectivity index (χ1) is 41.6. The Morgan fingerprint density at radius 2 is 0.738 bits per heavy atom. The normalized spacial score (nSPS) is 12.0. The van der Waals surface area contributed by atoms with Gasteiger partial charge < -0.3 is 4.42 Å². The molecule has 0 fully saturated rings. The lowest BCUT2D eigenvalue weighted by Crippen LogP contribution is -2.02. The summed E-state index contributed by atoms with van der Waals surface area (Å²) in [4.78, 5) is 21.9. The molecule has 0 unspecified atom stereocenters. The quantitative estimate of drug-likeness (QED) is 0.159. The SMILES string of the molecule is c1ccc(-c2cccc(-c3nc(-n4c5ccccc5c5cc6ccccc6cc54)c4oc5ccc(-c6ccc(-c7cccc(-c8nc(-n9c%10ccccc%10c%10cc%11ccccc%11cc%109)c9sc%10ccccc%10c9n8)c7)cc6)cc5c4n3)c2)cc1. The Hall–Kier alpha value is -11.1. The molecule has 0 N–H and O–H groups in total. The molecule has 0 spiro atoms. The van der Waals surface area contributed by atoms with Gasteiger partial charge in [0.25, 0.3) is 0 Å². The fourth-order valence-corrected chi connectivity index (χ4v) is 14.0. The van der Waals surface area contributed by atoms with Crippen molar-refractivity contribution in [3.8, 4) is 67.8 Å². The highest BCUT2D eigenvalue weighted by Gasteiger charge is 2.25. The van der Waals surface area contributed by atoms with E-state index in [9.17, 15) is 0 Å². The Labute approximate surface area is 484 Å². The van der Waals surface area contributed by atoms with Crippen LogP contribution in [0.1, 0.15) is 0 Å². The number of para-hydroxylation sites is 2. The van der Waals surface area contributed by atoms with Crippen molar-refractivity contribution in [1.82, 2.24) is 29.1 Å². The van der Waals surface area contributed by atoms with Crippen LogP contribution in [0.4, 0.5) is 0 Å². The van der Waals surface area contributed by atoms with Gasteiger partial charge in [-0.25, -0.2) is 19.9 Å². The Morgan fingerprint density at radius 1 is 0.286 bits per heavy atom. The summed E-state index contributed by atoms with van der Waals surface area (Å²) in [6.07, 6.45) is 0. The van der Waals surface area contributed by atoms with Gasteiger partial charge in [0.05, 0.1) is 32.3 Å². The molecule has 0 aliphatic rings. The van der Waals surface area contributed by atoms with Crippen LogP contribution in [0.3, 0.4) is 0 Å². The average molecular weight is 1090 g/mol. The van der Waals surface area contributed by atoms with Gasteiger partial charge in [-0.3, -0.25) is 9.13 Å². The number of benzene rings is 12. The Balaban J connectivity index is 0.762. The van der Waals surface area contributed by atoms with E-state index in [1.807, 2.05) is 6.07 Å². The topological polar surface area (TPSA) is 74.6 Å². The van der Waals surface area contributed by atoms with Gasteiger partial charge in [0.2, 0.25) is 0 Å². The number of furan rings is 1. The number of aromatic nitrogens is 6. The van der Waals surface area contributed by atoms with Crippen LogP contribution in [0.2, 0.25) is 0 Å². The third kappa shape index (κ3) is 7.24. The summed E-state index contributed by atoms with van der Waals surface area (Å²) in [6, 6.07) is 95.1. The minimum Gasteiger partial charge on any atom is -0.450 e. The van der Waals surface area contributed by atoms with Crippen molar-refractivity contribution in [3.05, 3.63) is 267 Å². The van der Waals surface area contributed by atoms with Gasteiger partial charge in [0.1, 0.15) is 11.1 Å². The van der Waals surface area contributed by atoms with Gasteiger partial charge in [-0.05, 0) is 122 Å². The molecule has 7 nitrogen and oxygen atoms in total. The summed E-state index contributed by atoms with van der Waals surface area (Å²) in [5.41, 5.74) is 15.8. The van der Waals surface area contributed by atoms with Crippen molar-refractivity contribution in [3.63, 3.8) is 0 Å². The molecular weight excluding hydrogens is 1040 g/mol. The zero-order valence-corrected chi connectivity index (χ0v) is 45.7. The number of rotatable bonds is 7. The maximum Gasteiger partial charge on any atom is 0.197 e. The van der Waals surface area contributed by atoms with E-state index in [0.717, 1.165) is 121 Å². The Morgan fingerprint density at radius 3 is 1.36 bits per heavy atom. The summed E-state index contributed by atoms with van der Waals surface area (Å²) in [6.45, 7) is 0. The van der Waals surface area contributed by atoms with Crippen LogP contribution >= 0.6 is 11.3 Å². The van der Waals surface area contributed by atoms with Crippen molar-refractivity contribution < 1.29 is 4.42 Å². The largest absolute Gasteiger partial charge is 0.450 e. The van der Waals surface area contributed by atoms with E-state index < -0.39 is 0 Å². The van der Waals surface area contributed by atoms with Crippen LogP contribution in [0, 0.1) is 0 Å². The number of fused-ring (bicyclic) bond motifs is 14. The molecule has 12 aromatic carbocycles. The summed E-state index contributed by atoms with van der Waals surface area (Å²) in [5, 5.41) is 11.5. The van der Waals surface area contributed by atoms with E-state index in [4.69, 9.17) is 24.4 Å². The van der Waals surface area contributed by atoms with Crippen molar-refractivity contribution in [2.45, 2.75) is 0 Å². The highest BCUT2D eigenvalue weighted by atomic mass is 32.1. The van der Waals surface area contributed by atoms with Crippen molar-refractivity contribution in [2.75, 3.05) is 0 Å². The first-order valence-electron chi connectivity index (χ1n) is 28.3. The second-order valence-electron chi connectivity index (χ2n) is 21.8. The number of nitrogens with zero attached hydrogens (tertiary/aromatic N) is 6. The molecule has 18 aromatic rings. The predicted molar refractivity (Wildman–Crippen MR) is 349 cm³/mol. The second kappa shape index (κ2) is 18.2. The monoisotopic (exact) mass is 1090 g/mol. The Bertz CT molecular complexity index is 5750. The average Bonchev–Trinajstić information content (AvgIpc) is 2.82. The second-order valence-corrected chi connectivity index (χ2v) is 22.8. The molecule has 0 aliphatic carbocycles. The summed E-state index contributed by atoms with van der Waals surface area (Å²) in [7, 11) is 0. The van der Waals surface area contributed by atoms with Crippen molar-refractivity contribution in [2.24, 2.45) is 0 Å². The molecule has 0 amide bonds. The van der Waals surface area contributed by atoms with Gasteiger partial charge in [0, 0.05) is 48.1 Å². The highest BCUT2D eigenvalue weighted by Crippen LogP contribution is 2.44. The predicted octanol–water partition coefficient (Wildman–Crippen LogP) is 20.4. The first kappa shape index (κ1) is 46.7. The van der Waals surface area contributed by atoms with Gasteiger partial charge in [-0.2, -0.15) is 0 Å². The smallest absolute Gasteiger partial charge is 0.197 e. The third-order valence-electron chi connectivity index (χ3n) is 16.9. The zero-order valence-electron chi connectivity index (χ0n) is 44.9. The molecule has 8 heteroatoms. The number of hydrogen-bond acceptors (Lipinski definition) is 6. The fourth-order valence-electron chi connectivity index (χ4n) is 12.9. The molecule has 18 rings (SSSR count). The van der Waals surface area contributed by atoms with Crippen LogP contribution in [0.5, 0.6) is 0 Å². The van der Waals surface area contributed by atoms with E-state index in [1.54, 1.807) is 11.3 Å². The summed E-state index contributed by atoms with van der Waals surface area (Å²) < 4.78 is 13.8. The fraction of sp³-hybridized carbons (Fsp3) is 0. The van der Waals surface area contributed by atoms with E-state index in [0.29, 0.717) is 23.0 Å². The van der Waals surface area contributed by atoms with E-state index >= 15 is 0 Å². The molecule has 6 aromatic heterocycles. The number of hydrogen-bond donors (Lipinski definition) is 0. The molecule has 0 bridgehead atoms. The van der Waals surface area contributed by atoms with Crippen LogP contribution in [0.25, 0.3) is 175 Å². The van der Waals surface area contributed by atoms with Gasteiger partial charge in [-0.15, -0.1) is 11.3 Å². The molecule has 0 radical (unpaired) electrons. The molecule has 0 saturated heterocycles. The molecule has 0 aliphatic heterocycles. The lowest BCUT2D eigenvalue weighted by Gasteiger charge is -2.12. The lowest BCUT2D eigenvalue weighted by molar-refractivity contribution is 0.662. The number of thiophene rings is 1. The molecule has 0 saturated carbocycles. The maximum atomic E-state index is 6.96. The van der Waals surface area contributed by atoms with Crippen LogP contribution in [-0.4, -0.2) is 29.1 Å². The minimum atomic E-state index is 0.618. The van der Waals surface area contributed by atoms with Crippen molar-refractivity contribution in [1.29, 1.82) is 0 Å². The standard InChI is InChI=1S/C76H44N6OS/c1-2-16-45(17-3-1)48-22-14-24-55(38-48)73-77-69-62-42-54(36-37-67(62)83-71(69)75(79-73)81-63-29-11-8-26-57(63)60-40-50-18-4-6-20-52(50)43-65(60)81)47-34-32-46(33-35-47)49-23-15-25-56(39-49)74-78-70-59-28-10-13-31-68(59)84-72(70)76(80-74)82-64-30-12-9-27-58(64)61-41-51-19-5-7-21-53(51)44-66(61)82/h1-44H. The molecule has 6 heterocycles. The molecule has 390 valence electrons. The maximum absolute atomic E-state index is 6.96. The lowest BCUT2D eigenvalue weighted by atomic mass is 9.98. The first-order valence-corrected chi connectivity index (χ1v) is 29.1. The third-order valence-corrected chi connectivity index (χ3v) is 18.1. The summed E-state index contributed by atoms with van der Waals surface area (Å²) in [5.74, 6) is 2.87. The van der Waals surface area contributed by atoms with Gasteiger partial charge in [0.15, 0.2) is 28.9 Å². The van der Waals surface area contributed by atoms with Gasteiger partial charge >= 0.3 is 0 Å². The zero-order chi connectivity index (χ0) is 55.0.